The highest BCUT2D eigenvalue weighted by Gasteiger charge is 2.24. The number of carbonyl (C=O) groups is 2. The zero-order chi connectivity index (χ0) is 21.8. The fourth-order valence-electron chi connectivity index (χ4n) is 2.31. The molecule has 0 bridgehead atoms. The number of aliphatic imine (C=N–C) groups is 1. The van der Waals surface area contributed by atoms with Crippen LogP contribution in [0, 0.1) is 0 Å². The molecule has 1 fully saturated rings. The first-order valence-electron chi connectivity index (χ1n) is 8.20. The van der Waals surface area contributed by atoms with Gasteiger partial charge in [-0.05, 0) is 47.7 Å². The van der Waals surface area contributed by atoms with Crippen molar-refractivity contribution in [2.75, 3.05) is 13.7 Å². The third-order valence-electron chi connectivity index (χ3n) is 3.68. The molecule has 2 aromatic rings. The van der Waals surface area contributed by atoms with Crippen LogP contribution in [-0.2, 0) is 14.3 Å². The molecule has 3 rings (SSSR count). The van der Waals surface area contributed by atoms with Gasteiger partial charge in [-0.25, -0.2) is 9.79 Å². The fourth-order valence-corrected chi connectivity index (χ4v) is 4.10. The van der Waals surface area contributed by atoms with Crippen molar-refractivity contribution in [3.8, 4) is 5.75 Å². The average molecular weight is 506 g/mol. The highest BCUT2D eigenvalue weighted by Crippen LogP contribution is 2.37. The lowest BCUT2D eigenvalue weighted by Gasteiger charge is -2.10. The Hall–Kier alpha value is -1.90. The molecule has 0 spiro atoms. The van der Waals surface area contributed by atoms with E-state index < -0.39 is 5.97 Å². The zero-order valence-electron chi connectivity index (χ0n) is 15.2. The van der Waals surface area contributed by atoms with Gasteiger partial charge in [-0.3, -0.25) is 4.79 Å². The van der Waals surface area contributed by atoms with E-state index in [1.807, 2.05) is 0 Å². The molecule has 0 unspecified atom stereocenters. The van der Waals surface area contributed by atoms with Crippen LogP contribution in [0.4, 0.5) is 5.69 Å². The van der Waals surface area contributed by atoms with E-state index >= 15 is 0 Å². The third-order valence-corrected chi connectivity index (χ3v) is 5.96. The minimum atomic E-state index is -0.570. The first-order valence-corrected chi connectivity index (χ1v) is 10.5. The van der Waals surface area contributed by atoms with Gasteiger partial charge in [0, 0.05) is 0 Å². The number of nitrogens with one attached hydrogen (secondary N) is 1. The Morgan fingerprint density at radius 3 is 2.53 bits per heavy atom. The first-order chi connectivity index (χ1) is 14.3. The highest BCUT2D eigenvalue weighted by atomic mass is 35.5. The minimum Gasteiger partial charge on any atom is -0.479 e. The fraction of sp³-hybridized carbons (Fsp3) is 0.105. The number of ether oxygens (including phenoxy) is 2. The van der Waals surface area contributed by atoms with E-state index in [1.54, 1.807) is 36.4 Å². The quantitative estimate of drug-likeness (QED) is 0.414. The summed E-state index contributed by atoms with van der Waals surface area (Å²) in [4.78, 5) is 28.2. The predicted molar refractivity (Wildman–Crippen MR) is 121 cm³/mol. The van der Waals surface area contributed by atoms with Crippen molar-refractivity contribution in [2.24, 2.45) is 4.99 Å². The maximum absolute atomic E-state index is 12.3. The molecule has 1 aliphatic heterocycles. The van der Waals surface area contributed by atoms with Gasteiger partial charge in [0.2, 0.25) is 0 Å². The van der Waals surface area contributed by atoms with Crippen molar-refractivity contribution < 1.29 is 19.1 Å². The Kier molecular flexibility index (Phi) is 7.55. The summed E-state index contributed by atoms with van der Waals surface area (Å²) >= 11 is 25.7. The standard InChI is InChI=1S/C19H12Cl4N2O4S/c1-28-15(26)8-29-17-11(21)5-9(6-12(17)22)7-14-18(27)25-19(30-14)24-13-4-2-3-10(20)16(13)23/h2-7H,8H2,1H3,(H,24,25,27)/b14-7+. The Morgan fingerprint density at radius 1 is 1.17 bits per heavy atom. The van der Waals surface area contributed by atoms with Crippen molar-refractivity contribution >= 4 is 87.0 Å². The van der Waals surface area contributed by atoms with Gasteiger partial charge in [0.1, 0.15) is 0 Å². The van der Waals surface area contributed by atoms with Crippen molar-refractivity contribution in [3.05, 3.63) is 60.9 Å². The number of halogens is 4. The molecule has 0 aliphatic carbocycles. The van der Waals surface area contributed by atoms with Crippen molar-refractivity contribution in [1.29, 1.82) is 0 Å². The molecule has 30 heavy (non-hydrogen) atoms. The Labute approximate surface area is 196 Å². The summed E-state index contributed by atoms with van der Waals surface area (Å²) in [5, 5.41) is 4.03. The molecular weight excluding hydrogens is 494 g/mol. The van der Waals surface area contributed by atoms with Gasteiger partial charge in [-0.1, -0.05) is 52.5 Å². The second-order valence-corrected chi connectivity index (χ2v) is 8.36. The zero-order valence-corrected chi connectivity index (χ0v) is 19.0. The maximum Gasteiger partial charge on any atom is 0.343 e. The molecule has 1 aliphatic rings. The van der Waals surface area contributed by atoms with Crippen molar-refractivity contribution in [3.63, 3.8) is 0 Å². The number of amides is 1. The average Bonchev–Trinajstić information content (AvgIpc) is 3.03. The lowest BCUT2D eigenvalue weighted by molar-refractivity contribution is -0.142. The van der Waals surface area contributed by atoms with Crippen LogP contribution in [0.5, 0.6) is 5.75 Å². The molecular formula is C19H12Cl4N2O4S. The summed E-state index contributed by atoms with van der Waals surface area (Å²) in [6, 6.07) is 8.15. The van der Waals surface area contributed by atoms with Gasteiger partial charge in [-0.2, -0.15) is 0 Å². The molecule has 1 saturated heterocycles. The van der Waals surface area contributed by atoms with Gasteiger partial charge in [-0.15, -0.1) is 0 Å². The summed E-state index contributed by atoms with van der Waals surface area (Å²) < 4.78 is 9.79. The lowest BCUT2D eigenvalue weighted by Crippen LogP contribution is -2.19. The highest BCUT2D eigenvalue weighted by molar-refractivity contribution is 8.18. The molecule has 1 N–H and O–H groups in total. The molecule has 156 valence electrons. The number of amidine groups is 1. The summed E-state index contributed by atoms with van der Waals surface area (Å²) in [5.41, 5.74) is 1.00. The number of thioether (sulfide) groups is 1. The molecule has 1 amide bonds. The van der Waals surface area contributed by atoms with Gasteiger partial charge < -0.3 is 14.8 Å². The number of carbonyl (C=O) groups excluding carboxylic acids is 2. The van der Waals surface area contributed by atoms with E-state index in [-0.39, 0.29) is 28.3 Å². The van der Waals surface area contributed by atoms with Gasteiger partial charge in [0.05, 0.1) is 37.8 Å². The predicted octanol–water partition coefficient (Wildman–Crippen LogP) is 5.74. The molecule has 0 saturated carbocycles. The second-order valence-electron chi connectivity index (χ2n) is 5.73. The minimum absolute atomic E-state index is 0.146. The summed E-state index contributed by atoms with van der Waals surface area (Å²) in [7, 11) is 1.24. The summed E-state index contributed by atoms with van der Waals surface area (Å²) in [6.07, 6.45) is 1.60. The van der Waals surface area contributed by atoms with Crippen LogP contribution in [-0.4, -0.2) is 30.8 Å². The third kappa shape index (κ3) is 5.42. The molecule has 1 heterocycles. The Morgan fingerprint density at radius 2 is 1.87 bits per heavy atom. The molecule has 2 aromatic carbocycles. The smallest absolute Gasteiger partial charge is 0.343 e. The topological polar surface area (TPSA) is 77.0 Å². The van der Waals surface area contributed by atoms with Crippen LogP contribution in [0.25, 0.3) is 6.08 Å². The normalized spacial score (nSPS) is 16.1. The van der Waals surface area contributed by atoms with Crippen molar-refractivity contribution in [1.82, 2.24) is 5.32 Å². The van der Waals surface area contributed by atoms with E-state index in [9.17, 15) is 9.59 Å². The Bertz CT molecular complexity index is 1070. The number of hydrogen-bond donors (Lipinski definition) is 1. The van der Waals surface area contributed by atoms with Crippen LogP contribution in [0.3, 0.4) is 0 Å². The van der Waals surface area contributed by atoms with Gasteiger partial charge in [0.15, 0.2) is 17.5 Å². The van der Waals surface area contributed by atoms with E-state index in [1.165, 1.54) is 7.11 Å². The molecule has 6 nitrogen and oxygen atoms in total. The largest absolute Gasteiger partial charge is 0.479 e. The van der Waals surface area contributed by atoms with Crippen LogP contribution in [0.1, 0.15) is 5.56 Å². The number of hydrogen-bond acceptors (Lipinski definition) is 6. The van der Waals surface area contributed by atoms with Gasteiger partial charge in [0.25, 0.3) is 5.91 Å². The first kappa shape index (κ1) is 22.8. The Balaban J connectivity index is 1.81. The molecule has 11 heteroatoms. The van der Waals surface area contributed by atoms with Crippen LogP contribution in [0.2, 0.25) is 20.1 Å². The van der Waals surface area contributed by atoms with Gasteiger partial charge >= 0.3 is 5.97 Å². The second kappa shape index (κ2) is 9.94. The SMILES string of the molecule is COC(=O)COc1c(Cl)cc(/C=C2/SC(=Nc3cccc(Cl)c3Cl)NC2=O)cc1Cl. The van der Waals surface area contributed by atoms with E-state index in [0.717, 1.165) is 11.8 Å². The van der Waals surface area contributed by atoms with Crippen LogP contribution >= 0.6 is 58.2 Å². The summed E-state index contributed by atoms with van der Waals surface area (Å²) in [6.45, 7) is -0.333. The number of esters is 1. The number of rotatable bonds is 5. The number of benzene rings is 2. The number of nitrogens with zero attached hydrogens (tertiary/aromatic N) is 1. The van der Waals surface area contributed by atoms with E-state index in [0.29, 0.717) is 31.4 Å². The maximum atomic E-state index is 12.3. The monoisotopic (exact) mass is 504 g/mol. The number of methoxy groups -OCH3 is 1. The van der Waals surface area contributed by atoms with E-state index in [2.05, 4.69) is 15.0 Å². The van der Waals surface area contributed by atoms with Crippen LogP contribution in [0.15, 0.2) is 40.2 Å². The van der Waals surface area contributed by atoms with E-state index in [4.69, 9.17) is 51.1 Å². The summed E-state index contributed by atoms with van der Waals surface area (Å²) in [5.74, 6) is -0.763. The lowest BCUT2D eigenvalue weighted by atomic mass is 10.2. The molecule has 0 aromatic heterocycles. The molecule has 0 radical (unpaired) electrons. The molecule has 0 atom stereocenters. The van der Waals surface area contributed by atoms with Crippen molar-refractivity contribution in [2.45, 2.75) is 0 Å². The van der Waals surface area contributed by atoms with Crippen LogP contribution < -0.4 is 10.1 Å².